The molecule has 0 saturated heterocycles. The number of hydrogen-bond donors (Lipinski definition) is 1. The summed E-state index contributed by atoms with van der Waals surface area (Å²) < 4.78 is 5.18. The second-order valence-electron chi connectivity index (χ2n) is 4.50. The molecule has 0 spiro atoms. The molecule has 0 heterocycles. The molecular formula is C18H22O3. The number of aliphatic hydroxyl groups is 1. The quantitative estimate of drug-likeness (QED) is 0.850. The lowest BCUT2D eigenvalue weighted by Gasteiger charge is -2.04. The summed E-state index contributed by atoms with van der Waals surface area (Å²) in [6, 6.07) is 18.6. The summed E-state index contributed by atoms with van der Waals surface area (Å²) in [7, 11) is 0. The molecule has 0 aliphatic rings. The normalized spacial score (nSPS) is 9.43. The minimum absolute atomic E-state index is 0.288. The first kappa shape index (κ1) is 16.9. The van der Waals surface area contributed by atoms with Crippen molar-refractivity contribution in [2.45, 2.75) is 26.4 Å². The van der Waals surface area contributed by atoms with E-state index in [4.69, 9.17) is 9.84 Å². The standard InChI is InChI=1S/C14H12O2.C4H10O/c15-14(13-9-5-2-6-10-13)16-11-12-7-3-1-4-8-12;1-2-3-4-5/h1-10H,11H2;5H,2-4H2,1H3. The summed E-state index contributed by atoms with van der Waals surface area (Å²) in [4.78, 5) is 11.6. The fourth-order valence-corrected chi connectivity index (χ4v) is 1.54. The van der Waals surface area contributed by atoms with Gasteiger partial charge in [0.25, 0.3) is 0 Å². The molecule has 0 aliphatic heterocycles. The number of esters is 1. The average molecular weight is 286 g/mol. The van der Waals surface area contributed by atoms with Crippen LogP contribution in [0, 0.1) is 0 Å². The third-order valence-corrected chi connectivity index (χ3v) is 2.73. The summed E-state index contributed by atoms with van der Waals surface area (Å²) >= 11 is 0. The van der Waals surface area contributed by atoms with Gasteiger partial charge in [-0.25, -0.2) is 4.79 Å². The molecule has 0 amide bonds. The van der Waals surface area contributed by atoms with Gasteiger partial charge >= 0.3 is 5.97 Å². The second kappa shape index (κ2) is 10.6. The first-order valence-electron chi connectivity index (χ1n) is 7.15. The molecule has 2 aromatic rings. The van der Waals surface area contributed by atoms with E-state index in [9.17, 15) is 4.79 Å². The Morgan fingerprint density at radius 2 is 1.57 bits per heavy atom. The number of ether oxygens (including phenoxy) is 1. The zero-order valence-corrected chi connectivity index (χ0v) is 12.4. The van der Waals surface area contributed by atoms with Crippen LogP contribution in [0.2, 0.25) is 0 Å². The minimum atomic E-state index is -0.288. The van der Waals surface area contributed by atoms with Gasteiger partial charge in [-0.2, -0.15) is 0 Å². The van der Waals surface area contributed by atoms with Crippen LogP contribution in [0.1, 0.15) is 35.7 Å². The van der Waals surface area contributed by atoms with Crippen molar-refractivity contribution >= 4 is 5.97 Å². The molecule has 0 aliphatic carbocycles. The van der Waals surface area contributed by atoms with Gasteiger partial charge in [-0.3, -0.25) is 0 Å². The lowest BCUT2D eigenvalue weighted by Crippen LogP contribution is -2.04. The van der Waals surface area contributed by atoms with Crippen molar-refractivity contribution < 1.29 is 14.6 Å². The molecule has 2 aromatic carbocycles. The lowest BCUT2D eigenvalue weighted by atomic mass is 10.2. The van der Waals surface area contributed by atoms with E-state index in [1.54, 1.807) is 12.1 Å². The van der Waals surface area contributed by atoms with Crippen LogP contribution < -0.4 is 0 Å². The highest BCUT2D eigenvalue weighted by molar-refractivity contribution is 5.89. The number of carbonyl (C=O) groups is 1. The zero-order chi connectivity index (χ0) is 15.3. The fraction of sp³-hybridized carbons (Fsp3) is 0.278. The Kier molecular flexibility index (Phi) is 8.57. The summed E-state index contributed by atoms with van der Waals surface area (Å²) in [5, 5.41) is 8.07. The maximum absolute atomic E-state index is 11.6. The molecule has 0 atom stereocenters. The molecule has 0 fully saturated rings. The largest absolute Gasteiger partial charge is 0.457 e. The molecule has 112 valence electrons. The molecule has 1 N–H and O–H groups in total. The van der Waals surface area contributed by atoms with Crippen LogP contribution in [-0.2, 0) is 11.3 Å². The van der Waals surface area contributed by atoms with E-state index in [0.29, 0.717) is 18.8 Å². The highest BCUT2D eigenvalue weighted by Gasteiger charge is 2.05. The van der Waals surface area contributed by atoms with Crippen molar-refractivity contribution in [1.82, 2.24) is 0 Å². The predicted octanol–water partition coefficient (Wildman–Crippen LogP) is 3.82. The fourth-order valence-electron chi connectivity index (χ4n) is 1.54. The third kappa shape index (κ3) is 7.28. The lowest BCUT2D eigenvalue weighted by molar-refractivity contribution is 0.0472. The van der Waals surface area contributed by atoms with E-state index in [1.807, 2.05) is 48.5 Å². The van der Waals surface area contributed by atoms with Gasteiger partial charge in [0.05, 0.1) is 5.56 Å². The summed E-state index contributed by atoms with van der Waals surface area (Å²) in [6.45, 7) is 2.71. The Balaban J connectivity index is 0.000000383. The number of benzene rings is 2. The van der Waals surface area contributed by atoms with Gasteiger partial charge in [0.1, 0.15) is 6.61 Å². The number of rotatable bonds is 5. The van der Waals surface area contributed by atoms with Gasteiger partial charge in [-0.15, -0.1) is 0 Å². The van der Waals surface area contributed by atoms with Crippen molar-refractivity contribution in [3.63, 3.8) is 0 Å². The average Bonchev–Trinajstić information content (AvgIpc) is 2.56. The SMILES string of the molecule is CCCCO.O=C(OCc1ccccc1)c1ccccc1. The Morgan fingerprint density at radius 3 is 2.05 bits per heavy atom. The minimum Gasteiger partial charge on any atom is -0.457 e. The molecule has 3 nitrogen and oxygen atoms in total. The van der Waals surface area contributed by atoms with Crippen LogP contribution in [0.5, 0.6) is 0 Å². The Bertz CT molecular complexity index is 492. The smallest absolute Gasteiger partial charge is 0.338 e. The van der Waals surface area contributed by atoms with E-state index in [1.165, 1.54) is 0 Å². The number of hydrogen-bond acceptors (Lipinski definition) is 3. The maximum atomic E-state index is 11.6. The van der Waals surface area contributed by atoms with Crippen LogP contribution in [0.25, 0.3) is 0 Å². The van der Waals surface area contributed by atoms with Gasteiger partial charge in [-0.1, -0.05) is 61.9 Å². The summed E-state index contributed by atoms with van der Waals surface area (Å²) in [5.41, 5.74) is 1.57. The van der Waals surface area contributed by atoms with Gasteiger partial charge in [-0.05, 0) is 24.1 Å². The van der Waals surface area contributed by atoms with E-state index in [0.717, 1.165) is 18.4 Å². The molecular weight excluding hydrogens is 264 g/mol. The van der Waals surface area contributed by atoms with Gasteiger partial charge < -0.3 is 9.84 Å². The first-order chi connectivity index (χ1) is 10.3. The summed E-state index contributed by atoms with van der Waals surface area (Å²) in [6.07, 6.45) is 2.04. The number of aliphatic hydroxyl groups excluding tert-OH is 1. The molecule has 0 bridgehead atoms. The Labute approximate surface area is 126 Å². The number of unbranched alkanes of at least 4 members (excludes halogenated alkanes) is 1. The van der Waals surface area contributed by atoms with Crippen molar-refractivity contribution in [3.05, 3.63) is 71.8 Å². The van der Waals surface area contributed by atoms with Gasteiger partial charge in [0.2, 0.25) is 0 Å². The molecule has 21 heavy (non-hydrogen) atoms. The van der Waals surface area contributed by atoms with Gasteiger partial charge in [0.15, 0.2) is 0 Å². The highest BCUT2D eigenvalue weighted by atomic mass is 16.5. The van der Waals surface area contributed by atoms with Crippen LogP contribution >= 0.6 is 0 Å². The number of carbonyl (C=O) groups excluding carboxylic acids is 1. The van der Waals surface area contributed by atoms with Crippen LogP contribution in [0.15, 0.2) is 60.7 Å². The first-order valence-corrected chi connectivity index (χ1v) is 7.15. The molecule has 0 radical (unpaired) electrons. The Morgan fingerprint density at radius 1 is 1.00 bits per heavy atom. The summed E-state index contributed by atoms with van der Waals surface area (Å²) in [5.74, 6) is -0.288. The molecule has 0 unspecified atom stereocenters. The maximum Gasteiger partial charge on any atom is 0.338 e. The monoisotopic (exact) mass is 286 g/mol. The van der Waals surface area contributed by atoms with Crippen molar-refractivity contribution in [1.29, 1.82) is 0 Å². The van der Waals surface area contributed by atoms with Crippen molar-refractivity contribution in [2.75, 3.05) is 6.61 Å². The van der Waals surface area contributed by atoms with Crippen molar-refractivity contribution in [3.8, 4) is 0 Å². The molecule has 3 heteroatoms. The van der Waals surface area contributed by atoms with Gasteiger partial charge in [0, 0.05) is 6.61 Å². The van der Waals surface area contributed by atoms with E-state index in [2.05, 4.69) is 6.92 Å². The van der Waals surface area contributed by atoms with E-state index in [-0.39, 0.29) is 5.97 Å². The predicted molar refractivity (Wildman–Crippen MR) is 84.0 cm³/mol. The topological polar surface area (TPSA) is 46.5 Å². The van der Waals surface area contributed by atoms with Crippen LogP contribution in [0.4, 0.5) is 0 Å². The van der Waals surface area contributed by atoms with E-state index < -0.39 is 0 Å². The third-order valence-electron chi connectivity index (χ3n) is 2.73. The highest BCUT2D eigenvalue weighted by Crippen LogP contribution is 2.05. The zero-order valence-electron chi connectivity index (χ0n) is 12.4. The van der Waals surface area contributed by atoms with Crippen LogP contribution in [-0.4, -0.2) is 17.7 Å². The Hall–Kier alpha value is -2.13. The van der Waals surface area contributed by atoms with E-state index >= 15 is 0 Å². The molecule has 2 rings (SSSR count). The molecule has 0 aromatic heterocycles. The van der Waals surface area contributed by atoms with Crippen molar-refractivity contribution in [2.24, 2.45) is 0 Å². The van der Waals surface area contributed by atoms with Crippen LogP contribution in [0.3, 0.4) is 0 Å². The molecule has 0 saturated carbocycles. The second-order valence-corrected chi connectivity index (χ2v) is 4.50.